The van der Waals surface area contributed by atoms with E-state index < -0.39 is 36.1 Å². The van der Waals surface area contributed by atoms with Gasteiger partial charge >= 0.3 is 0 Å². The number of carbonyl (C=O) groups excluding carboxylic acids is 5. The summed E-state index contributed by atoms with van der Waals surface area (Å²) in [6.45, 7) is 3.98. The topological polar surface area (TPSA) is 164 Å². The molecule has 5 aliphatic heterocycles. The Hall–Kier alpha value is -6.45. The number of rotatable bonds is 7. The number of alkyl halides is 2. The van der Waals surface area contributed by atoms with E-state index in [4.69, 9.17) is 0 Å². The van der Waals surface area contributed by atoms with Crippen LogP contribution in [0.4, 0.5) is 20.2 Å². The first kappa shape index (κ1) is 39.0. The number of carbonyl (C=O) groups is 5. The number of aryl methyl sites for hydroxylation is 2. The Bertz CT molecular complexity index is 2550. The quantitative estimate of drug-likeness (QED) is 0.127. The number of nitrogens with zero attached hydrogens (tertiary/aromatic N) is 6. The van der Waals surface area contributed by atoms with Gasteiger partial charge in [-0.05, 0) is 79.6 Å². The van der Waals surface area contributed by atoms with Crippen molar-refractivity contribution in [2.75, 3.05) is 42.5 Å². The fourth-order valence-corrected chi connectivity index (χ4v) is 9.50. The number of imide groups is 2. The van der Waals surface area contributed by atoms with E-state index >= 15 is 0 Å². The number of piperidine rings is 2. The van der Waals surface area contributed by atoms with Crippen LogP contribution in [0.2, 0.25) is 0 Å². The summed E-state index contributed by atoms with van der Waals surface area (Å²) in [5.74, 6) is -2.09. The molecule has 2 saturated heterocycles. The number of amides is 5. The Morgan fingerprint density at radius 2 is 1.72 bits per heavy atom. The van der Waals surface area contributed by atoms with Gasteiger partial charge in [0.25, 0.3) is 18.2 Å². The summed E-state index contributed by atoms with van der Waals surface area (Å²) in [5.41, 5.74) is 6.17. The summed E-state index contributed by atoms with van der Waals surface area (Å²) in [4.78, 5) is 74.5. The molecule has 16 heteroatoms. The molecule has 60 heavy (non-hydrogen) atoms. The van der Waals surface area contributed by atoms with Crippen molar-refractivity contribution in [3.8, 4) is 11.1 Å². The SMILES string of the molecule is CC(=O)N1CCC(NC2CCN(c3ccc4c(c3)C(=O)N(C3CCC(=O)NC3=O)C4=O)CC2)=C(C(=N)N2CCCc3cc(-c4cn(C)c5ccncc45)c(C(F)F)cc32)C1.[HH]. The zero-order valence-electron chi connectivity index (χ0n) is 33.4. The molecule has 3 N–H and O–H groups in total. The third kappa shape index (κ3) is 6.76. The van der Waals surface area contributed by atoms with Crippen LogP contribution in [0.1, 0.15) is 85.1 Å². The molecule has 1 unspecified atom stereocenters. The molecule has 4 aromatic rings. The molecule has 312 valence electrons. The van der Waals surface area contributed by atoms with Crippen LogP contribution in [-0.2, 0) is 27.9 Å². The van der Waals surface area contributed by atoms with E-state index in [0.717, 1.165) is 52.0 Å². The first-order valence-electron chi connectivity index (χ1n) is 20.4. The van der Waals surface area contributed by atoms with Gasteiger partial charge < -0.3 is 24.6 Å². The van der Waals surface area contributed by atoms with Crippen molar-refractivity contribution in [3.63, 3.8) is 0 Å². The van der Waals surface area contributed by atoms with Crippen LogP contribution in [0.15, 0.2) is 66.3 Å². The van der Waals surface area contributed by atoms with Crippen LogP contribution in [0.25, 0.3) is 22.0 Å². The van der Waals surface area contributed by atoms with Gasteiger partial charge in [0.2, 0.25) is 17.7 Å². The fraction of sp³-hybridized carbons (Fsp3) is 0.386. The molecule has 5 aliphatic rings. The summed E-state index contributed by atoms with van der Waals surface area (Å²) >= 11 is 0. The number of hydrogen-bond donors (Lipinski definition) is 3. The minimum absolute atomic E-state index is 0. The lowest BCUT2D eigenvalue weighted by molar-refractivity contribution is -0.136. The molecule has 0 bridgehead atoms. The van der Waals surface area contributed by atoms with Crippen molar-refractivity contribution in [2.24, 2.45) is 7.05 Å². The Morgan fingerprint density at radius 3 is 2.47 bits per heavy atom. The predicted molar refractivity (Wildman–Crippen MR) is 222 cm³/mol. The molecule has 0 spiro atoms. The zero-order chi connectivity index (χ0) is 42.0. The van der Waals surface area contributed by atoms with E-state index in [0.29, 0.717) is 61.4 Å². The molecule has 0 saturated carbocycles. The third-order valence-corrected chi connectivity index (χ3v) is 12.7. The van der Waals surface area contributed by atoms with E-state index in [9.17, 15) is 38.2 Å². The van der Waals surface area contributed by atoms with Gasteiger partial charge in [-0.1, -0.05) is 0 Å². The lowest BCUT2D eigenvalue weighted by Crippen LogP contribution is -2.54. The van der Waals surface area contributed by atoms with Crippen molar-refractivity contribution in [3.05, 3.63) is 88.5 Å². The molecule has 14 nitrogen and oxygen atoms in total. The number of amidine groups is 1. The van der Waals surface area contributed by atoms with Gasteiger partial charge in [-0.15, -0.1) is 0 Å². The molecule has 2 aromatic carbocycles. The maximum absolute atomic E-state index is 15.0. The third-order valence-electron chi connectivity index (χ3n) is 12.7. The largest absolute Gasteiger partial charge is 0.385 e. The van der Waals surface area contributed by atoms with E-state index in [1.807, 2.05) is 40.9 Å². The highest BCUT2D eigenvalue weighted by atomic mass is 19.3. The number of fused-ring (bicyclic) bond motifs is 3. The number of pyridine rings is 1. The summed E-state index contributed by atoms with van der Waals surface area (Å²) in [7, 11) is 1.88. The number of benzene rings is 2. The molecule has 5 amide bonds. The second-order valence-corrected chi connectivity index (χ2v) is 16.2. The first-order chi connectivity index (χ1) is 28.9. The van der Waals surface area contributed by atoms with Gasteiger partial charge in [0.1, 0.15) is 11.9 Å². The smallest absolute Gasteiger partial charge is 0.264 e. The molecular formula is C44H47F2N9O5. The van der Waals surface area contributed by atoms with Crippen LogP contribution in [0.5, 0.6) is 0 Å². The van der Waals surface area contributed by atoms with E-state index in [1.165, 1.54) is 6.92 Å². The van der Waals surface area contributed by atoms with Gasteiger partial charge in [0, 0.05) is 118 Å². The molecule has 0 radical (unpaired) electrons. The highest BCUT2D eigenvalue weighted by molar-refractivity contribution is 6.23. The monoisotopic (exact) mass is 819 g/mol. The number of nitrogens with one attached hydrogen (secondary N) is 3. The summed E-state index contributed by atoms with van der Waals surface area (Å²) < 4.78 is 31.8. The summed E-state index contributed by atoms with van der Waals surface area (Å²) in [5, 5.41) is 16.4. The average molecular weight is 820 g/mol. The minimum Gasteiger partial charge on any atom is -0.385 e. The molecule has 2 fully saturated rings. The van der Waals surface area contributed by atoms with E-state index in [1.54, 1.807) is 35.5 Å². The highest BCUT2D eigenvalue weighted by Crippen LogP contribution is 2.42. The molecule has 0 aliphatic carbocycles. The molecule has 7 heterocycles. The Balaban J connectivity index is 0.00000514. The molecule has 2 aromatic heterocycles. The van der Waals surface area contributed by atoms with Crippen LogP contribution in [-0.4, -0.2) is 99.5 Å². The fourth-order valence-electron chi connectivity index (χ4n) is 9.50. The number of halogens is 2. The van der Waals surface area contributed by atoms with Crippen LogP contribution < -0.4 is 20.4 Å². The van der Waals surface area contributed by atoms with Gasteiger partial charge in [0.15, 0.2) is 0 Å². The number of anilines is 2. The minimum atomic E-state index is -2.76. The van der Waals surface area contributed by atoms with Crippen molar-refractivity contribution in [1.29, 1.82) is 5.41 Å². The van der Waals surface area contributed by atoms with E-state index in [-0.39, 0.29) is 55.3 Å². The summed E-state index contributed by atoms with van der Waals surface area (Å²) in [6.07, 6.45) is 5.99. The molecular weight excluding hydrogens is 773 g/mol. The Kier molecular flexibility index (Phi) is 9.95. The van der Waals surface area contributed by atoms with Gasteiger partial charge in [-0.25, -0.2) is 8.78 Å². The van der Waals surface area contributed by atoms with Crippen LogP contribution in [0, 0.1) is 5.41 Å². The average Bonchev–Trinajstić information content (AvgIpc) is 3.71. The second-order valence-electron chi connectivity index (χ2n) is 16.2. The van der Waals surface area contributed by atoms with Crippen molar-refractivity contribution in [2.45, 2.75) is 70.4 Å². The number of aromatic nitrogens is 2. The summed E-state index contributed by atoms with van der Waals surface area (Å²) in [6, 6.07) is 9.40. The van der Waals surface area contributed by atoms with Crippen LogP contribution in [0.3, 0.4) is 0 Å². The maximum atomic E-state index is 15.0. The highest BCUT2D eigenvalue weighted by Gasteiger charge is 2.45. The van der Waals surface area contributed by atoms with Gasteiger partial charge in [0.05, 0.1) is 23.2 Å². The maximum Gasteiger partial charge on any atom is 0.264 e. The zero-order valence-corrected chi connectivity index (χ0v) is 33.4. The molecule has 9 rings (SSSR count). The second kappa shape index (κ2) is 15.3. The van der Waals surface area contributed by atoms with Crippen LogP contribution >= 0.6 is 0 Å². The lowest BCUT2D eigenvalue weighted by Gasteiger charge is -2.39. The Labute approximate surface area is 346 Å². The van der Waals surface area contributed by atoms with Crippen molar-refractivity contribution in [1.82, 2.24) is 30.0 Å². The lowest BCUT2D eigenvalue weighted by atomic mass is 9.91. The normalized spacial score (nSPS) is 20.0. The van der Waals surface area contributed by atoms with Crippen molar-refractivity contribution < 1.29 is 34.2 Å². The Morgan fingerprint density at radius 1 is 0.933 bits per heavy atom. The van der Waals surface area contributed by atoms with Gasteiger partial charge in [-0.3, -0.25) is 44.6 Å². The predicted octanol–water partition coefficient (Wildman–Crippen LogP) is 5.32. The first-order valence-corrected chi connectivity index (χ1v) is 20.4. The molecule has 1 atom stereocenters. The standard InChI is InChI=1S/C44H45F2N9O5.H2/c1-24(56)53-17-12-35(49-26-10-15-52(16-11-26)27-5-6-28-31(19-27)44(60)55(43(28)59)37-7-8-39(57)50-42(37)58)34(23-53)41(47)54-14-3-4-25-18-29(30(40(45)46)20-38(25)54)33-22-51(2)36-9-13-48-21-32(33)36;/h5-6,9,13,18-22,26,37,40,47,49H,3-4,7-8,10-12,14-17,23H2,1-2H3,(H,50,57,58);1H. The van der Waals surface area contributed by atoms with Gasteiger partial charge in [-0.2, -0.15) is 0 Å². The van der Waals surface area contributed by atoms with Crippen molar-refractivity contribution >= 4 is 57.6 Å². The number of hydrogen-bond acceptors (Lipinski definition) is 9. The van der Waals surface area contributed by atoms with E-state index in [2.05, 4.69) is 20.5 Å².